The zero-order chi connectivity index (χ0) is 28.7. The number of anilines is 1. The van der Waals surface area contributed by atoms with E-state index in [1.165, 1.54) is 10.0 Å². The highest BCUT2D eigenvalue weighted by molar-refractivity contribution is 14.1. The molecule has 8 nitrogen and oxygen atoms in total. The summed E-state index contributed by atoms with van der Waals surface area (Å²) in [4.78, 5) is 20.2. The normalized spacial score (nSPS) is 14.1. The second-order valence-electron chi connectivity index (χ2n) is 9.98. The van der Waals surface area contributed by atoms with E-state index in [1.54, 1.807) is 47.4 Å². The molecule has 0 bridgehead atoms. The number of aryl methyl sites for hydroxylation is 1. The summed E-state index contributed by atoms with van der Waals surface area (Å²) in [5.41, 5.74) is 4.06. The van der Waals surface area contributed by atoms with E-state index < -0.39 is 10.0 Å². The summed E-state index contributed by atoms with van der Waals surface area (Å²) in [5, 5.41) is 1.26. The van der Waals surface area contributed by atoms with Crippen LogP contribution in [-0.2, 0) is 21.3 Å². The molecule has 0 saturated carbocycles. The van der Waals surface area contributed by atoms with E-state index in [0.717, 1.165) is 20.4 Å². The summed E-state index contributed by atoms with van der Waals surface area (Å²) in [6.45, 7) is 4.91. The van der Waals surface area contributed by atoms with E-state index in [9.17, 15) is 13.2 Å². The maximum atomic E-state index is 13.8. The second-order valence-corrected chi connectivity index (χ2v) is 13.5. The summed E-state index contributed by atoms with van der Waals surface area (Å²) in [7, 11) is -3.95. The molecule has 2 aromatic carbocycles. The van der Waals surface area contributed by atoms with Crippen molar-refractivity contribution in [2.45, 2.75) is 18.4 Å². The molecule has 11 heteroatoms. The lowest BCUT2D eigenvalue weighted by molar-refractivity contribution is 0.122. The first-order chi connectivity index (χ1) is 19.7. The number of nitrogens with zero attached hydrogens (tertiary/aromatic N) is 4. The number of hydrogen-bond donors (Lipinski definition) is 0. The summed E-state index contributed by atoms with van der Waals surface area (Å²) < 4.78 is 36.9. The van der Waals surface area contributed by atoms with E-state index in [2.05, 4.69) is 32.5 Å². The fraction of sp³-hybridized carbons (Fsp3) is 0.200. The quantitative estimate of drug-likeness (QED) is 0.216. The smallest absolute Gasteiger partial charge is 0.269 e. The Balaban J connectivity index is 1.47. The van der Waals surface area contributed by atoms with Gasteiger partial charge < -0.3 is 14.2 Å². The van der Waals surface area contributed by atoms with E-state index in [1.807, 2.05) is 37.3 Å². The van der Waals surface area contributed by atoms with Gasteiger partial charge in [-0.25, -0.2) is 17.4 Å². The molecule has 1 aliphatic heterocycles. The molecule has 0 radical (unpaired) electrons. The molecule has 3 aromatic heterocycles. The average molecular weight is 701 g/mol. The third-order valence-corrected chi connectivity index (χ3v) is 9.64. The van der Waals surface area contributed by atoms with Crippen LogP contribution in [-0.4, -0.2) is 48.2 Å². The van der Waals surface area contributed by atoms with Crippen molar-refractivity contribution < 1.29 is 13.2 Å². The summed E-state index contributed by atoms with van der Waals surface area (Å²) in [6.07, 6.45) is 4.99. The van der Waals surface area contributed by atoms with Gasteiger partial charge in [0.15, 0.2) is 5.65 Å². The fourth-order valence-corrected chi connectivity index (χ4v) is 7.51. The third-order valence-electron chi connectivity index (χ3n) is 7.13. The van der Waals surface area contributed by atoms with Crippen LogP contribution in [0.15, 0.2) is 88.9 Å². The van der Waals surface area contributed by atoms with Gasteiger partial charge in [-0.2, -0.15) is 0 Å². The number of hydrogen-bond acceptors (Lipinski definition) is 6. The molecule has 4 heterocycles. The predicted molar refractivity (Wildman–Crippen MR) is 169 cm³/mol. The van der Waals surface area contributed by atoms with Gasteiger partial charge in [-0.3, -0.25) is 4.79 Å². The molecule has 0 unspecified atom stereocenters. The average Bonchev–Trinajstić information content (AvgIpc) is 3.34. The van der Waals surface area contributed by atoms with Gasteiger partial charge in [0.25, 0.3) is 15.6 Å². The predicted octanol–water partition coefficient (Wildman–Crippen LogP) is 5.55. The van der Waals surface area contributed by atoms with Crippen molar-refractivity contribution in [3.05, 3.63) is 109 Å². The Kier molecular flexibility index (Phi) is 7.66. The Bertz CT molecular complexity index is 1910. The Morgan fingerprint density at radius 1 is 1.02 bits per heavy atom. The van der Waals surface area contributed by atoms with Gasteiger partial charge in [0.05, 0.1) is 36.5 Å². The van der Waals surface area contributed by atoms with Crippen LogP contribution in [0.25, 0.3) is 22.2 Å². The van der Waals surface area contributed by atoms with Crippen LogP contribution in [0.5, 0.6) is 0 Å². The highest BCUT2D eigenvalue weighted by Gasteiger charge is 2.24. The summed E-state index contributed by atoms with van der Waals surface area (Å²) in [5.74, 6) is 0. The number of aromatic nitrogens is 3. The van der Waals surface area contributed by atoms with Crippen molar-refractivity contribution in [2.75, 3.05) is 31.2 Å². The Hall–Kier alpha value is -3.19. The van der Waals surface area contributed by atoms with Crippen molar-refractivity contribution in [1.29, 1.82) is 0 Å². The third kappa shape index (κ3) is 5.66. The molecule has 6 rings (SSSR count). The molecule has 1 aliphatic rings. The van der Waals surface area contributed by atoms with Crippen molar-refractivity contribution in [3.8, 4) is 11.1 Å². The van der Waals surface area contributed by atoms with Crippen LogP contribution in [0.3, 0.4) is 0 Å². The topological polar surface area (TPSA) is 86.4 Å². The maximum absolute atomic E-state index is 13.8. The van der Waals surface area contributed by atoms with Crippen molar-refractivity contribution >= 4 is 60.9 Å². The van der Waals surface area contributed by atoms with Crippen LogP contribution in [0.2, 0.25) is 5.02 Å². The summed E-state index contributed by atoms with van der Waals surface area (Å²) in [6, 6.07) is 17.7. The van der Waals surface area contributed by atoms with E-state index in [0.29, 0.717) is 60.0 Å². The maximum Gasteiger partial charge on any atom is 0.269 e. The zero-order valence-electron chi connectivity index (χ0n) is 22.1. The molecule has 210 valence electrons. The van der Waals surface area contributed by atoms with Crippen LogP contribution < -0.4 is 10.5 Å². The number of benzene rings is 2. The minimum atomic E-state index is -3.95. The highest BCUT2D eigenvalue weighted by atomic mass is 127. The molecule has 0 N–H and O–H groups in total. The summed E-state index contributed by atoms with van der Waals surface area (Å²) >= 11 is 8.41. The number of pyridine rings is 2. The lowest BCUT2D eigenvalue weighted by atomic mass is 10.1. The fourth-order valence-electron chi connectivity index (χ4n) is 5.00. The van der Waals surface area contributed by atoms with Crippen molar-refractivity contribution in [2.24, 2.45) is 0 Å². The van der Waals surface area contributed by atoms with Crippen LogP contribution in [0.4, 0.5) is 5.69 Å². The van der Waals surface area contributed by atoms with Gasteiger partial charge in [-0.05, 0) is 83.1 Å². The number of halogens is 2. The molecule has 0 spiro atoms. The molecular weight excluding hydrogens is 675 g/mol. The molecular formula is C30H26ClIN4O4S. The monoisotopic (exact) mass is 700 g/mol. The second kappa shape index (κ2) is 11.2. The SMILES string of the molecule is Cc1ccc(S(=O)(=O)n2cc(-c3ccn(Cc4cc(Cl)cc(I)c4)c(=O)c3)c3cc(N4CCOCC4)cnc32)cc1. The van der Waals surface area contributed by atoms with E-state index >= 15 is 0 Å². The van der Waals surface area contributed by atoms with Crippen LogP contribution in [0.1, 0.15) is 11.1 Å². The zero-order valence-corrected chi connectivity index (χ0v) is 25.9. The lowest BCUT2D eigenvalue weighted by Crippen LogP contribution is -2.36. The molecule has 1 fully saturated rings. The number of morpholine rings is 1. The molecule has 0 amide bonds. The molecule has 0 atom stereocenters. The van der Waals surface area contributed by atoms with Crippen molar-refractivity contribution in [3.63, 3.8) is 0 Å². The van der Waals surface area contributed by atoms with E-state index in [-0.39, 0.29) is 10.5 Å². The lowest BCUT2D eigenvalue weighted by Gasteiger charge is -2.28. The molecule has 1 saturated heterocycles. The Labute approximate surface area is 256 Å². The molecule has 0 aliphatic carbocycles. The van der Waals surface area contributed by atoms with Gasteiger partial charge in [0.2, 0.25) is 0 Å². The van der Waals surface area contributed by atoms with E-state index in [4.69, 9.17) is 16.3 Å². The standard InChI is InChI=1S/C30H26ClIN4O4S/c1-20-2-4-26(5-3-20)41(38,39)36-19-28(27-16-25(17-33-30(27)36)34-8-10-40-11-9-34)22-6-7-35(29(37)14-22)18-21-12-23(31)15-24(32)13-21/h2-7,12-17,19H,8-11,18H2,1H3. The minimum Gasteiger partial charge on any atom is -0.378 e. The van der Waals surface area contributed by atoms with Gasteiger partial charge in [-0.15, -0.1) is 0 Å². The van der Waals surface area contributed by atoms with Crippen LogP contribution in [0, 0.1) is 10.5 Å². The Morgan fingerprint density at radius 3 is 2.49 bits per heavy atom. The molecule has 41 heavy (non-hydrogen) atoms. The largest absolute Gasteiger partial charge is 0.378 e. The number of rotatable bonds is 6. The van der Waals surface area contributed by atoms with Gasteiger partial charge >= 0.3 is 0 Å². The number of ether oxygens (including phenoxy) is 1. The van der Waals surface area contributed by atoms with Crippen LogP contribution >= 0.6 is 34.2 Å². The van der Waals surface area contributed by atoms with Gasteiger partial charge in [0, 0.05) is 51.1 Å². The minimum absolute atomic E-state index is 0.164. The first-order valence-corrected chi connectivity index (χ1v) is 15.9. The Morgan fingerprint density at radius 2 is 1.78 bits per heavy atom. The van der Waals surface area contributed by atoms with Crippen molar-refractivity contribution in [1.82, 2.24) is 13.5 Å². The first-order valence-electron chi connectivity index (χ1n) is 13.0. The first kappa shape index (κ1) is 28.0. The van der Waals surface area contributed by atoms with Gasteiger partial charge in [0.1, 0.15) is 0 Å². The number of fused-ring (bicyclic) bond motifs is 1. The molecule has 5 aromatic rings. The van der Waals surface area contributed by atoms with Gasteiger partial charge in [-0.1, -0.05) is 29.3 Å². The highest BCUT2D eigenvalue weighted by Crippen LogP contribution is 2.34.